The number of aromatic nitrogens is 4. The molecule has 0 unspecified atom stereocenters. The highest BCUT2D eigenvalue weighted by Gasteiger charge is 2.25. The fourth-order valence-electron chi connectivity index (χ4n) is 2.79. The average Bonchev–Trinajstić information content (AvgIpc) is 3.06. The molecule has 2 N–H and O–H groups in total. The normalized spacial score (nSPS) is 18.1. The van der Waals surface area contributed by atoms with Gasteiger partial charge in [0.15, 0.2) is 5.16 Å². The monoisotopic (exact) mass is 333 g/mol. The first-order valence-corrected chi connectivity index (χ1v) is 8.58. The van der Waals surface area contributed by atoms with Gasteiger partial charge in [0.2, 0.25) is 5.91 Å². The van der Waals surface area contributed by atoms with E-state index >= 15 is 0 Å². The summed E-state index contributed by atoms with van der Waals surface area (Å²) in [5, 5.41) is 7.47. The summed E-state index contributed by atoms with van der Waals surface area (Å²) in [6.07, 6.45) is 3.79. The summed E-state index contributed by atoms with van der Waals surface area (Å²) in [4.78, 5) is 32.6. The van der Waals surface area contributed by atoms with E-state index in [1.165, 1.54) is 17.8 Å². The molecule has 0 radical (unpaired) electrons. The van der Waals surface area contributed by atoms with E-state index in [0.717, 1.165) is 25.1 Å². The van der Waals surface area contributed by atoms with Crippen LogP contribution in [0.3, 0.4) is 0 Å². The van der Waals surface area contributed by atoms with Crippen molar-refractivity contribution >= 4 is 17.7 Å². The highest BCUT2D eigenvalue weighted by atomic mass is 32.2. The van der Waals surface area contributed by atoms with Crippen molar-refractivity contribution in [1.82, 2.24) is 25.1 Å². The molecule has 0 saturated carbocycles. The topological polar surface area (TPSA) is 94.7 Å². The largest absolute Gasteiger partial charge is 0.341 e. The standard InChI is InChI=1S/C15H19N5O2S/c1-10-7-13(21)18-15(17-10)23-9-14(22)20-6-2-3-11(8-20)12-4-5-16-19-12/h4-5,7,11H,2-3,6,8-9H2,1H3,(H,16,19)(H,17,18,21)/t11-/m1/s1. The lowest BCUT2D eigenvalue weighted by molar-refractivity contribution is -0.129. The number of thioether (sulfide) groups is 1. The first-order valence-electron chi connectivity index (χ1n) is 7.59. The molecule has 0 spiro atoms. The van der Waals surface area contributed by atoms with Gasteiger partial charge >= 0.3 is 0 Å². The number of piperidine rings is 1. The number of carbonyl (C=O) groups excluding carboxylic acids is 1. The summed E-state index contributed by atoms with van der Waals surface area (Å²) in [5.74, 6) is 0.669. The molecule has 2 aromatic rings. The van der Waals surface area contributed by atoms with E-state index in [0.29, 0.717) is 23.3 Å². The molecule has 1 fully saturated rings. The highest BCUT2D eigenvalue weighted by molar-refractivity contribution is 7.99. The number of aryl methyl sites for hydroxylation is 1. The van der Waals surface area contributed by atoms with Crippen molar-refractivity contribution in [2.75, 3.05) is 18.8 Å². The van der Waals surface area contributed by atoms with Crippen molar-refractivity contribution in [3.8, 4) is 0 Å². The number of nitrogens with one attached hydrogen (secondary N) is 2. The maximum atomic E-state index is 12.4. The molecule has 0 bridgehead atoms. The summed E-state index contributed by atoms with van der Waals surface area (Å²) < 4.78 is 0. The van der Waals surface area contributed by atoms with E-state index < -0.39 is 0 Å². The van der Waals surface area contributed by atoms with Crippen molar-refractivity contribution in [2.24, 2.45) is 0 Å². The van der Waals surface area contributed by atoms with Gasteiger partial charge in [-0.05, 0) is 25.8 Å². The minimum Gasteiger partial charge on any atom is -0.341 e. The van der Waals surface area contributed by atoms with Gasteiger partial charge in [0.25, 0.3) is 5.56 Å². The van der Waals surface area contributed by atoms with Crippen LogP contribution in [0, 0.1) is 6.92 Å². The van der Waals surface area contributed by atoms with Crippen molar-refractivity contribution in [2.45, 2.75) is 30.8 Å². The van der Waals surface area contributed by atoms with Crippen LogP contribution in [-0.2, 0) is 4.79 Å². The molecular formula is C15H19N5O2S. The van der Waals surface area contributed by atoms with Crippen LogP contribution in [0.1, 0.15) is 30.1 Å². The summed E-state index contributed by atoms with van der Waals surface area (Å²) in [6.45, 7) is 3.25. The van der Waals surface area contributed by atoms with E-state index in [2.05, 4.69) is 20.2 Å². The average molecular weight is 333 g/mol. The Labute approximate surface area is 137 Å². The highest BCUT2D eigenvalue weighted by Crippen LogP contribution is 2.26. The Kier molecular flexibility index (Phi) is 4.80. The van der Waals surface area contributed by atoms with Crippen LogP contribution in [-0.4, -0.2) is 49.8 Å². The fourth-order valence-corrected chi connectivity index (χ4v) is 3.62. The maximum absolute atomic E-state index is 12.4. The molecule has 0 aromatic carbocycles. The molecule has 0 aliphatic carbocycles. The number of amides is 1. The minimum atomic E-state index is -0.190. The lowest BCUT2D eigenvalue weighted by atomic mass is 9.95. The Morgan fingerprint density at radius 2 is 2.39 bits per heavy atom. The first kappa shape index (κ1) is 15.8. The zero-order chi connectivity index (χ0) is 16.2. The lowest BCUT2D eigenvalue weighted by Gasteiger charge is -2.32. The molecule has 1 saturated heterocycles. The summed E-state index contributed by atoms with van der Waals surface area (Å²) in [6, 6.07) is 3.40. The summed E-state index contributed by atoms with van der Waals surface area (Å²) in [7, 11) is 0. The molecule has 1 amide bonds. The Bertz CT molecular complexity index is 728. The molecule has 3 rings (SSSR count). The van der Waals surface area contributed by atoms with Crippen molar-refractivity contribution in [3.05, 3.63) is 40.1 Å². The van der Waals surface area contributed by atoms with Gasteiger partial charge in [-0.15, -0.1) is 0 Å². The Hall–Kier alpha value is -2.09. The molecule has 122 valence electrons. The molecule has 2 aromatic heterocycles. The molecule has 1 atom stereocenters. The SMILES string of the molecule is Cc1cc(=O)[nH]c(SCC(=O)N2CCC[C@@H](c3ccn[nH]3)C2)n1. The Morgan fingerprint density at radius 3 is 3.13 bits per heavy atom. The van der Waals surface area contributed by atoms with Gasteiger partial charge in [-0.3, -0.25) is 14.7 Å². The summed E-state index contributed by atoms with van der Waals surface area (Å²) in [5.41, 5.74) is 1.55. The Balaban J connectivity index is 1.58. The van der Waals surface area contributed by atoms with Gasteiger partial charge in [-0.2, -0.15) is 5.10 Å². The fraction of sp³-hybridized carbons (Fsp3) is 0.467. The number of H-pyrrole nitrogens is 2. The molecule has 3 heterocycles. The number of carbonyl (C=O) groups is 1. The van der Waals surface area contributed by atoms with Crippen molar-refractivity contribution in [3.63, 3.8) is 0 Å². The predicted molar refractivity (Wildman–Crippen MR) is 87.5 cm³/mol. The quantitative estimate of drug-likeness (QED) is 0.649. The van der Waals surface area contributed by atoms with E-state index in [-0.39, 0.29) is 17.2 Å². The number of aromatic amines is 2. The molecule has 8 heteroatoms. The first-order chi connectivity index (χ1) is 11.1. The van der Waals surface area contributed by atoms with Crippen LogP contribution >= 0.6 is 11.8 Å². The number of hydrogen-bond acceptors (Lipinski definition) is 5. The second-order valence-electron chi connectivity index (χ2n) is 5.67. The van der Waals surface area contributed by atoms with Gasteiger partial charge in [0, 0.05) is 42.7 Å². The number of nitrogens with zero attached hydrogens (tertiary/aromatic N) is 3. The van der Waals surface area contributed by atoms with Crippen LogP contribution in [0.5, 0.6) is 0 Å². The van der Waals surface area contributed by atoms with Gasteiger partial charge in [-0.25, -0.2) is 4.98 Å². The number of likely N-dealkylation sites (tertiary alicyclic amines) is 1. The van der Waals surface area contributed by atoms with Crippen LogP contribution in [0.25, 0.3) is 0 Å². The van der Waals surface area contributed by atoms with Crippen LogP contribution in [0.15, 0.2) is 28.3 Å². The van der Waals surface area contributed by atoms with Crippen LogP contribution in [0.2, 0.25) is 0 Å². The van der Waals surface area contributed by atoms with Gasteiger partial charge < -0.3 is 9.88 Å². The van der Waals surface area contributed by atoms with Crippen LogP contribution in [0.4, 0.5) is 0 Å². The van der Waals surface area contributed by atoms with Crippen LogP contribution < -0.4 is 5.56 Å². The Morgan fingerprint density at radius 1 is 1.52 bits per heavy atom. The van der Waals surface area contributed by atoms with Crippen molar-refractivity contribution < 1.29 is 4.79 Å². The summed E-state index contributed by atoms with van der Waals surface area (Å²) >= 11 is 1.27. The second-order valence-corrected chi connectivity index (χ2v) is 6.64. The number of hydrogen-bond donors (Lipinski definition) is 2. The lowest BCUT2D eigenvalue weighted by Crippen LogP contribution is -2.40. The smallest absolute Gasteiger partial charge is 0.251 e. The minimum absolute atomic E-state index is 0.0726. The second kappa shape index (κ2) is 6.99. The molecule has 23 heavy (non-hydrogen) atoms. The van der Waals surface area contributed by atoms with E-state index in [4.69, 9.17) is 0 Å². The van der Waals surface area contributed by atoms with Gasteiger partial charge in [-0.1, -0.05) is 11.8 Å². The number of rotatable bonds is 4. The molecular weight excluding hydrogens is 314 g/mol. The van der Waals surface area contributed by atoms with E-state index in [1.807, 2.05) is 11.0 Å². The third kappa shape index (κ3) is 4.01. The van der Waals surface area contributed by atoms with Gasteiger partial charge in [0.1, 0.15) is 0 Å². The van der Waals surface area contributed by atoms with E-state index in [1.54, 1.807) is 13.1 Å². The third-order valence-corrected chi connectivity index (χ3v) is 4.77. The van der Waals surface area contributed by atoms with Crippen molar-refractivity contribution in [1.29, 1.82) is 0 Å². The van der Waals surface area contributed by atoms with Gasteiger partial charge in [0.05, 0.1) is 5.75 Å². The van der Waals surface area contributed by atoms with E-state index in [9.17, 15) is 9.59 Å². The zero-order valence-corrected chi connectivity index (χ0v) is 13.7. The third-order valence-electron chi connectivity index (χ3n) is 3.92. The molecule has 1 aliphatic heterocycles. The maximum Gasteiger partial charge on any atom is 0.251 e. The zero-order valence-electron chi connectivity index (χ0n) is 12.9. The molecule has 1 aliphatic rings. The predicted octanol–water partition coefficient (Wildman–Crippen LogP) is 1.30. The molecule has 7 nitrogen and oxygen atoms in total.